The Kier molecular flexibility index (Phi) is 4.07. The van der Waals surface area contributed by atoms with Crippen molar-refractivity contribution in [3.8, 4) is 6.07 Å². The highest BCUT2D eigenvalue weighted by Gasteiger charge is 2.34. The third-order valence-electron chi connectivity index (χ3n) is 3.62. The first kappa shape index (κ1) is 15.2. The Morgan fingerprint density at radius 1 is 1.43 bits per heavy atom. The molecule has 1 heterocycles. The van der Waals surface area contributed by atoms with Crippen LogP contribution in [0.4, 0.5) is 18.9 Å². The number of carbonyl (C=O) groups excluding carboxylic acids is 1. The van der Waals surface area contributed by atoms with Gasteiger partial charge in [0.25, 0.3) is 0 Å². The molecule has 7 heteroatoms. The Labute approximate surface area is 119 Å². The molecule has 1 aliphatic rings. The van der Waals surface area contributed by atoms with Crippen molar-refractivity contribution in [2.24, 2.45) is 11.7 Å². The van der Waals surface area contributed by atoms with Crippen molar-refractivity contribution in [1.82, 2.24) is 0 Å². The topological polar surface area (TPSA) is 70.1 Å². The molecular weight excluding hydrogens is 283 g/mol. The third kappa shape index (κ3) is 3.27. The van der Waals surface area contributed by atoms with Gasteiger partial charge < -0.3 is 10.6 Å². The summed E-state index contributed by atoms with van der Waals surface area (Å²) >= 11 is 0. The van der Waals surface area contributed by atoms with Gasteiger partial charge in [-0.05, 0) is 31.0 Å². The molecule has 0 spiro atoms. The average Bonchev–Trinajstić information content (AvgIpc) is 2.45. The molecule has 4 nitrogen and oxygen atoms in total. The minimum atomic E-state index is -4.55. The second-order valence-electron chi connectivity index (χ2n) is 5.03. The molecule has 0 bridgehead atoms. The van der Waals surface area contributed by atoms with Crippen molar-refractivity contribution in [3.63, 3.8) is 0 Å². The number of carbonyl (C=O) groups is 1. The van der Waals surface area contributed by atoms with Crippen LogP contribution in [0.3, 0.4) is 0 Å². The number of halogens is 3. The number of primary amides is 1. The van der Waals surface area contributed by atoms with Crippen LogP contribution in [-0.4, -0.2) is 19.0 Å². The van der Waals surface area contributed by atoms with Gasteiger partial charge in [0.15, 0.2) is 0 Å². The molecule has 0 saturated carbocycles. The number of rotatable bonds is 2. The standard InChI is InChI=1S/C14H14F3N3O/c15-14(16,17)12-4-3-11(6-10(12)7-18)20-5-1-2-9(8-20)13(19)21/h3-4,6,9H,1-2,5,8H2,(H2,19,21). The van der Waals surface area contributed by atoms with Gasteiger partial charge in [-0.1, -0.05) is 0 Å². The SMILES string of the molecule is N#Cc1cc(N2CCCC(C(N)=O)C2)ccc1C(F)(F)F. The summed E-state index contributed by atoms with van der Waals surface area (Å²) in [6.45, 7) is 0.992. The number of piperidine rings is 1. The molecule has 1 aromatic rings. The zero-order valence-electron chi connectivity index (χ0n) is 11.2. The first-order chi connectivity index (χ1) is 9.82. The van der Waals surface area contributed by atoms with Gasteiger partial charge in [-0.25, -0.2) is 0 Å². The maximum Gasteiger partial charge on any atom is 0.417 e. The first-order valence-corrected chi connectivity index (χ1v) is 6.48. The number of benzene rings is 1. The number of hydrogen-bond acceptors (Lipinski definition) is 3. The summed E-state index contributed by atoms with van der Waals surface area (Å²) in [5.74, 6) is -0.723. The summed E-state index contributed by atoms with van der Waals surface area (Å²) in [6.07, 6.45) is -3.14. The maximum atomic E-state index is 12.8. The van der Waals surface area contributed by atoms with Crippen molar-refractivity contribution in [3.05, 3.63) is 29.3 Å². The van der Waals surface area contributed by atoms with Crippen LogP contribution >= 0.6 is 0 Å². The van der Waals surface area contributed by atoms with E-state index >= 15 is 0 Å². The van der Waals surface area contributed by atoms with E-state index in [4.69, 9.17) is 11.0 Å². The van der Waals surface area contributed by atoms with Crippen LogP contribution in [0.1, 0.15) is 24.0 Å². The zero-order chi connectivity index (χ0) is 15.6. The molecule has 112 valence electrons. The molecule has 0 radical (unpaired) electrons. The number of nitrogens with two attached hydrogens (primary N) is 1. The molecule has 1 aromatic carbocycles. The van der Waals surface area contributed by atoms with E-state index in [-0.39, 0.29) is 5.92 Å². The molecule has 1 fully saturated rings. The van der Waals surface area contributed by atoms with Crippen molar-refractivity contribution < 1.29 is 18.0 Å². The van der Waals surface area contributed by atoms with E-state index in [1.807, 2.05) is 0 Å². The van der Waals surface area contributed by atoms with E-state index in [2.05, 4.69) is 0 Å². The fourth-order valence-electron chi connectivity index (χ4n) is 2.51. The number of nitriles is 1. The van der Waals surface area contributed by atoms with Crippen LogP contribution in [0.2, 0.25) is 0 Å². The quantitative estimate of drug-likeness (QED) is 0.910. The Morgan fingerprint density at radius 3 is 2.71 bits per heavy atom. The molecule has 1 aliphatic heterocycles. The number of nitrogens with zero attached hydrogens (tertiary/aromatic N) is 2. The fourth-order valence-corrected chi connectivity index (χ4v) is 2.51. The molecular formula is C14H14F3N3O. The van der Waals surface area contributed by atoms with Gasteiger partial charge >= 0.3 is 6.18 Å². The van der Waals surface area contributed by atoms with Crippen molar-refractivity contribution in [1.29, 1.82) is 5.26 Å². The highest BCUT2D eigenvalue weighted by molar-refractivity contribution is 5.77. The third-order valence-corrected chi connectivity index (χ3v) is 3.62. The van der Waals surface area contributed by atoms with E-state index in [9.17, 15) is 18.0 Å². The molecule has 2 N–H and O–H groups in total. The van der Waals surface area contributed by atoms with Crippen LogP contribution in [0.25, 0.3) is 0 Å². The Morgan fingerprint density at radius 2 is 2.14 bits per heavy atom. The monoisotopic (exact) mass is 297 g/mol. The number of hydrogen-bond donors (Lipinski definition) is 1. The van der Waals surface area contributed by atoms with Crippen LogP contribution < -0.4 is 10.6 Å². The molecule has 0 aromatic heterocycles. The van der Waals surface area contributed by atoms with Gasteiger partial charge in [-0.15, -0.1) is 0 Å². The van der Waals surface area contributed by atoms with Gasteiger partial charge in [0.2, 0.25) is 5.91 Å². The van der Waals surface area contributed by atoms with E-state index in [0.29, 0.717) is 25.2 Å². The summed E-state index contributed by atoms with van der Waals surface area (Å²) in [4.78, 5) is 13.0. The Bertz CT molecular complexity index is 592. The molecule has 21 heavy (non-hydrogen) atoms. The summed E-state index contributed by atoms with van der Waals surface area (Å²) in [6, 6.07) is 5.02. The lowest BCUT2D eigenvalue weighted by molar-refractivity contribution is -0.137. The minimum Gasteiger partial charge on any atom is -0.371 e. The first-order valence-electron chi connectivity index (χ1n) is 6.48. The van der Waals surface area contributed by atoms with E-state index < -0.39 is 23.2 Å². The summed E-state index contributed by atoms with van der Waals surface area (Å²) in [5.41, 5.74) is 4.42. The van der Waals surface area contributed by atoms with Crippen LogP contribution in [-0.2, 0) is 11.0 Å². The second kappa shape index (κ2) is 5.64. The summed E-state index contributed by atoms with van der Waals surface area (Å²) in [5, 5.41) is 8.90. The van der Waals surface area contributed by atoms with Gasteiger partial charge in [-0.3, -0.25) is 4.79 Å². The summed E-state index contributed by atoms with van der Waals surface area (Å²) in [7, 11) is 0. The predicted molar refractivity (Wildman–Crippen MR) is 70.3 cm³/mol. The average molecular weight is 297 g/mol. The maximum absolute atomic E-state index is 12.8. The number of anilines is 1. The smallest absolute Gasteiger partial charge is 0.371 e. The molecule has 1 saturated heterocycles. The fraction of sp³-hybridized carbons (Fsp3) is 0.429. The Hall–Kier alpha value is -2.23. The van der Waals surface area contributed by atoms with Crippen molar-refractivity contribution >= 4 is 11.6 Å². The van der Waals surface area contributed by atoms with Gasteiger partial charge in [0.05, 0.1) is 23.1 Å². The molecule has 1 atom stereocenters. The zero-order valence-corrected chi connectivity index (χ0v) is 11.2. The summed E-state index contributed by atoms with van der Waals surface area (Å²) < 4.78 is 38.3. The minimum absolute atomic E-state index is 0.313. The van der Waals surface area contributed by atoms with Crippen LogP contribution in [0, 0.1) is 17.2 Å². The van der Waals surface area contributed by atoms with E-state index in [1.54, 1.807) is 11.0 Å². The second-order valence-corrected chi connectivity index (χ2v) is 5.03. The number of alkyl halides is 3. The lowest BCUT2D eigenvalue weighted by Crippen LogP contribution is -2.41. The van der Waals surface area contributed by atoms with Gasteiger partial charge in [0.1, 0.15) is 0 Å². The van der Waals surface area contributed by atoms with Crippen molar-refractivity contribution in [2.75, 3.05) is 18.0 Å². The predicted octanol–water partition coefficient (Wildman–Crippen LogP) is 2.28. The highest BCUT2D eigenvalue weighted by atomic mass is 19.4. The molecule has 0 aliphatic carbocycles. The van der Waals surface area contributed by atoms with Crippen molar-refractivity contribution in [2.45, 2.75) is 19.0 Å². The van der Waals surface area contributed by atoms with E-state index in [1.165, 1.54) is 12.1 Å². The highest BCUT2D eigenvalue weighted by Crippen LogP contribution is 2.34. The lowest BCUT2D eigenvalue weighted by Gasteiger charge is -2.33. The molecule has 2 rings (SSSR count). The number of amides is 1. The lowest BCUT2D eigenvalue weighted by atomic mass is 9.96. The largest absolute Gasteiger partial charge is 0.417 e. The Balaban J connectivity index is 2.29. The van der Waals surface area contributed by atoms with Crippen LogP contribution in [0.15, 0.2) is 18.2 Å². The molecule has 1 amide bonds. The molecule has 1 unspecified atom stereocenters. The normalized spacial score (nSPS) is 19.1. The van der Waals surface area contributed by atoms with E-state index in [0.717, 1.165) is 12.5 Å². The van der Waals surface area contributed by atoms with Crippen LogP contribution in [0.5, 0.6) is 0 Å². The van der Waals surface area contributed by atoms with Gasteiger partial charge in [0, 0.05) is 18.8 Å². The van der Waals surface area contributed by atoms with Gasteiger partial charge in [-0.2, -0.15) is 18.4 Å².